The Morgan fingerprint density at radius 2 is 1.94 bits per heavy atom. The summed E-state index contributed by atoms with van der Waals surface area (Å²) in [4.78, 5) is 11.6. The number of hydrogen-bond acceptors (Lipinski definition) is 4. The maximum Gasteiger partial charge on any atom is 0.338 e. The number of rotatable bonds is 6. The molecule has 0 saturated heterocycles. The van der Waals surface area contributed by atoms with Gasteiger partial charge in [-0.2, -0.15) is 0 Å². The molecule has 0 aliphatic rings. The van der Waals surface area contributed by atoms with Crippen molar-refractivity contribution < 1.29 is 9.53 Å². The number of nitrogen functional groups attached to an aromatic ring is 2. The van der Waals surface area contributed by atoms with E-state index in [1.807, 2.05) is 0 Å². The predicted molar refractivity (Wildman–Crippen MR) is 69.7 cm³/mol. The zero-order valence-electron chi connectivity index (χ0n) is 10.2. The van der Waals surface area contributed by atoms with E-state index >= 15 is 0 Å². The average molecular weight is 236 g/mol. The van der Waals surface area contributed by atoms with Gasteiger partial charge in [-0.25, -0.2) is 4.79 Å². The summed E-state index contributed by atoms with van der Waals surface area (Å²) in [5.41, 5.74) is 12.5. The predicted octanol–water partition coefficient (Wildman–Crippen LogP) is 2.59. The monoisotopic (exact) mass is 236 g/mol. The largest absolute Gasteiger partial charge is 0.462 e. The van der Waals surface area contributed by atoms with E-state index in [-0.39, 0.29) is 5.97 Å². The zero-order valence-corrected chi connectivity index (χ0v) is 10.2. The molecule has 0 spiro atoms. The second-order valence-corrected chi connectivity index (χ2v) is 4.04. The second-order valence-electron chi connectivity index (χ2n) is 4.04. The second kappa shape index (κ2) is 6.78. The minimum Gasteiger partial charge on any atom is -0.462 e. The molecule has 0 heterocycles. The fourth-order valence-electron chi connectivity index (χ4n) is 1.48. The molecule has 1 aromatic rings. The van der Waals surface area contributed by atoms with Crippen LogP contribution in [-0.2, 0) is 4.74 Å². The van der Waals surface area contributed by atoms with Crippen LogP contribution in [0.1, 0.15) is 43.0 Å². The van der Waals surface area contributed by atoms with E-state index in [2.05, 4.69) is 6.92 Å². The number of nitrogens with two attached hydrogens (primary N) is 2. The van der Waals surface area contributed by atoms with E-state index < -0.39 is 0 Å². The molecular formula is C13H20N2O2. The van der Waals surface area contributed by atoms with Gasteiger partial charge in [-0.3, -0.25) is 0 Å². The first-order valence-corrected chi connectivity index (χ1v) is 5.97. The van der Waals surface area contributed by atoms with Crippen LogP contribution in [0.2, 0.25) is 0 Å². The summed E-state index contributed by atoms with van der Waals surface area (Å²) in [5, 5.41) is 0. The number of anilines is 2. The van der Waals surface area contributed by atoms with Gasteiger partial charge in [-0.1, -0.05) is 26.2 Å². The third-order valence-electron chi connectivity index (χ3n) is 2.55. The van der Waals surface area contributed by atoms with E-state index in [4.69, 9.17) is 16.2 Å². The minimum atomic E-state index is -0.340. The van der Waals surface area contributed by atoms with Gasteiger partial charge >= 0.3 is 5.97 Å². The molecule has 0 unspecified atom stereocenters. The molecule has 0 saturated carbocycles. The van der Waals surface area contributed by atoms with Crippen molar-refractivity contribution >= 4 is 17.3 Å². The van der Waals surface area contributed by atoms with Gasteiger partial charge in [-0.05, 0) is 24.6 Å². The van der Waals surface area contributed by atoms with Gasteiger partial charge in [0.2, 0.25) is 0 Å². The summed E-state index contributed by atoms with van der Waals surface area (Å²) in [6.45, 7) is 2.60. The molecule has 94 valence electrons. The summed E-state index contributed by atoms with van der Waals surface area (Å²) >= 11 is 0. The highest BCUT2D eigenvalue weighted by Crippen LogP contribution is 2.16. The summed E-state index contributed by atoms with van der Waals surface area (Å²) in [6.07, 6.45) is 4.34. The Kier molecular flexibility index (Phi) is 5.33. The molecule has 0 amide bonds. The smallest absolute Gasteiger partial charge is 0.338 e. The first kappa shape index (κ1) is 13.4. The molecule has 4 nitrogen and oxygen atoms in total. The molecule has 0 radical (unpaired) electrons. The van der Waals surface area contributed by atoms with Crippen LogP contribution in [0, 0.1) is 0 Å². The Bertz CT molecular complexity index is 378. The summed E-state index contributed by atoms with van der Waals surface area (Å²) in [7, 11) is 0. The van der Waals surface area contributed by atoms with Crippen molar-refractivity contribution in [1.29, 1.82) is 0 Å². The molecule has 1 aromatic carbocycles. The Labute approximate surface area is 102 Å². The summed E-state index contributed by atoms with van der Waals surface area (Å²) in [6, 6.07) is 4.78. The quantitative estimate of drug-likeness (QED) is 0.452. The van der Waals surface area contributed by atoms with E-state index in [1.165, 1.54) is 12.8 Å². The molecule has 0 atom stereocenters. The fourth-order valence-corrected chi connectivity index (χ4v) is 1.48. The molecule has 0 aliphatic heterocycles. The fraction of sp³-hybridized carbons (Fsp3) is 0.462. The maximum absolute atomic E-state index is 11.6. The third kappa shape index (κ3) is 4.34. The van der Waals surface area contributed by atoms with Crippen LogP contribution in [0.5, 0.6) is 0 Å². The molecule has 0 fully saturated rings. The van der Waals surface area contributed by atoms with Crippen molar-refractivity contribution in [2.45, 2.75) is 32.6 Å². The molecule has 1 rings (SSSR count). The number of hydrogen-bond donors (Lipinski definition) is 2. The molecule has 4 N–H and O–H groups in total. The van der Waals surface area contributed by atoms with E-state index in [1.54, 1.807) is 18.2 Å². The Morgan fingerprint density at radius 3 is 2.59 bits per heavy atom. The Morgan fingerprint density at radius 1 is 1.18 bits per heavy atom. The normalized spacial score (nSPS) is 10.2. The Balaban J connectivity index is 2.39. The third-order valence-corrected chi connectivity index (χ3v) is 2.55. The van der Waals surface area contributed by atoms with Gasteiger partial charge in [0.25, 0.3) is 0 Å². The van der Waals surface area contributed by atoms with Crippen molar-refractivity contribution in [3.05, 3.63) is 23.8 Å². The number of carbonyl (C=O) groups excluding carboxylic acids is 1. The van der Waals surface area contributed by atoms with E-state index in [0.717, 1.165) is 12.8 Å². The minimum absolute atomic E-state index is 0.340. The van der Waals surface area contributed by atoms with Crippen LogP contribution in [0.4, 0.5) is 11.4 Å². The number of ether oxygens (including phenoxy) is 1. The summed E-state index contributed by atoms with van der Waals surface area (Å²) in [5.74, 6) is -0.340. The highest BCUT2D eigenvalue weighted by molar-refractivity contribution is 5.91. The number of carbonyl (C=O) groups is 1. The van der Waals surface area contributed by atoms with Crippen LogP contribution >= 0.6 is 0 Å². The van der Waals surface area contributed by atoms with Gasteiger partial charge < -0.3 is 16.2 Å². The lowest BCUT2D eigenvalue weighted by Gasteiger charge is -2.06. The first-order chi connectivity index (χ1) is 8.15. The molecular weight excluding hydrogens is 216 g/mol. The standard InChI is InChI=1S/C13H20N2O2/c1-2-3-4-5-8-17-13(16)10-6-7-11(14)12(15)9-10/h6-7,9H,2-5,8,14-15H2,1H3. The number of esters is 1. The van der Waals surface area contributed by atoms with Crippen LogP contribution in [-0.4, -0.2) is 12.6 Å². The maximum atomic E-state index is 11.6. The SMILES string of the molecule is CCCCCCOC(=O)c1ccc(N)c(N)c1. The first-order valence-electron chi connectivity index (χ1n) is 5.97. The highest BCUT2D eigenvalue weighted by atomic mass is 16.5. The zero-order chi connectivity index (χ0) is 12.7. The van der Waals surface area contributed by atoms with E-state index in [0.29, 0.717) is 23.5 Å². The number of benzene rings is 1. The highest BCUT2D eigenvalue weighted by Gasteiger charge is 2.08. The number of unbranched alkanes of at least 4 members (excludes halogenated alkanes) is 3. The van der Waals surface area contributed by atoms with Crippen molar-refractivity contribution in [3.63, 3.8) is 0 Å². The van der Waals surface area contributed by atoms with Crippen molar-refractivity contribution in [1.82, 2.24) is 0 Å². The lowest BCUT2D eigenvalue weighted by atomic mass is 10.2. The van der Waals surface area contributed by atoms with Crippen LogP contribution in [0.3, 0.4) is 0 Å². The lowest BCUT2D eigenvalue weighted by Crippen LogP contribution is -2.07. The lowest BCUT2D eigenvalue weighted by molar-refractivity contribution is 0.0498. The molecule has 0 bridgehead atoms. The van der Waals surface area contributed by atoms with Crippen LogP contribution in [0.25, 0.3) is 0 Å². The van der Waals surface area contributed by atoms with Gasteiger partial charge in [0.1, 0.15) is 0 Å². The van der Waals surface area contributed by atoms with Gasteiger partial charge in [0.15, 0.2) is 0 Å². The van der Waals surface area contributed by atoms with Crippen LogP contribution in [0.15, 0.2) is 18.2 Å². The average Bonchev–Trinajstić information content (AvgIpc) is 2.32. The van der Waals surface area contributed by atoms with Crippen molar-refractivity contribution in [2.75, 3.05) is 18.1 Å². The molecule has 4 heteroatoms. The molecule has 0 aromatic heterocycles. The molecule has 0 aliphatic carbocycles. The van der Waals surface area contributed by atoms with Crippen molar-refractivity contribution in [2.24, 2.45) is 0 Å². The van der Waals surface area contributed by atoms with Gasteiger partial charge in [-0.15, -0.1) is 0 Å². The van der Waals surface area contributed by atoms with Crippen molar-refractivity contribution in [3.8, 4) is 0 Å². The van der Waals surface area contributed by atoms with Gasteiger partial charge in [0.05, 0.1) is 23.5 Å². The van der Waals surface area contributed by atoms with E-state index in [9.17, 15) is 4.79 Å². The summed E-state index contributed by atoms with van der Waals surface area (Å²) < 4.78 is 5.13. The van der Waals surface area contributed by atoms with Crippen LogP contribution < -0.4 is 11.5 Å². The Hall–Kier alpha value is -1.71. The van der Waals surface area contributed by atoms with Gasteiger partial charge in [0, 0.05) is 0 Å². The molecule has 17 heavy (non-hydrogen) atoms. The topological polar surface area (TPSA) is 78.3 Å².